The fraction of sp³-hybridized carbons (Fsp3) is 0.632. The summed E-state index contributed by atoms with van der Waals surface area (Å²) < 4.78 is 11.5. The molecular weight excluding hydrogens is 330 g/mol. The van der Waals surface area contributed by atoms with E-state index in [1.807, 2.05) is 19.1 Å². The predicted octanol–water partition coefficient (Wildman–Crippen LogP) is 2.02. The van der Waals surface area contributed by atoms with Crippen LogP contribution in [0, 0.1) is 6.92 Å². The van der Waals surface area contributed by atoms with Gasteiger partial charge in [-0.15, -0.1) is 0 Å². The van der Waals surface area contributed by atoms with Crippen LogP contribution in [0.1, 0.15) is 24.4 Å². The van der Waals surface area contributed by atoms with E-state index in [1.54, 1.807) is 6.20 Å². The highest BCUT2D eigenvalue weighted by molar-refractivity contribution is 5.52. The van der Waals surface area contributed by atoms with Gasteiger partial charge in [0.2, 0.25) is 0 Å². The molecule has 2 aromatic rings. The monoisotopic (exact) mass is 359 g/mol. The van der Waals surface area contributed by atoms with Crippen molar-refractivity contribution in [1.82, 2.24) is 24.9 Å². The van der Waals surface area contributed by atoms with Crippen molar-refractivity contribution >= 4 is 0 Å². The molecule has 7 heteroatoms. The van der Waals surface area contributed by atoms with E-state index in [0.29, 0.717) is 17.8 Å². The Morgan fingerprint density at radius 2 is 1.96 bits per heavy atom. The molecule has 1 aliphatic heterocycles. The van der Waals surface area contributed by atoms with E-state index >= 15 is 0 Å². The molecule has 0 saturated carbocycles. The van der Waals surface area contributed by atoms with Gasteiger partial charge in [0, 0.05) is 43.5 Å². The topological polar surface area (TPSA) is 67.5 Å². The highest BCUT2D eigenvalue weighted by Gasteiger charge is 2.26. The third-order valence-electron chi connectivity index (χ3n) is 4.67. The second-order valence-corrected chi connectivity index (χ2v) is 7.41. The first-order valence-electron chi connectivity index (χ1n) is 9.24. The Morgan fingerprint density at radius 1 is 1.15 bits per heavy atom. The van der Waals surface area contributed by atoms with Gasteiger partial charge in [0.05, 0.1) is 12.2 Å². The van der Waals surface area contributed by atoms with Crippen molar-refractivity contribution in [2.75, 3.05) is 40.8 Å². The summed E-state index contributed by atoms with van der Waals surface area (Å²) in [5, 5.41) is 3.85. The molecule has 1 fully saturated rings. The summed E-state index contributed by atoms with van der Waals surface area (Å²) in [5.74, 6) is 1.18. The summed E-state index contributed by atoms with van der Waals surface area (Å²) >= 11 is 0. The van der Waals surface area contributed by atoms with Gasteiger partial charge in [-0.2, -0.15) is 4.98 Å². The van der Waals surface area contributed by atoms with Crippen LogP contribution in [-0.2, 0) is 11.2 Å². The molecule has 3 heterocycles. The molecule has 2 aromatic heterocycles. The fourth-order valence-electron chi connectivity index (χ4n) is 3.24. The van der Waals surface area contributed by atoms with Gasteiger partial charge in [-0.05, 0) is 53.0 Å². The Balaban J connectivity index is 1.51. The van der Waals surface area contributed by atoms with Crippen molar-refractivity contribution in [3.05, 3.63) is 29.8 Å². The molecule has 0 aromatic carbocycles. The number of aromatic nitrogens is 3. The quantitative estimate of drug-likeness (QED) is 0.714. The minimum atomic E-state index is 0.231. The standard InChI is InChI=1S/C19H29N5O2/c1-14-21-19(26-22-14)15-7-8-20-16(11-15)12-17-5-6-18(25-17)13-24(4)10-9-23(2)3/h7-8,11,17-18H,5-6,9-10,12-13H2,1-4H3/t17-,18+/m0/s1. The summed E-state index contributed by atoms with van der Waals surface area (Å²) in [6.45, 7) is 4.93. The number of pyridine rings is 1. The maximum absolute atomic E-state index is 6.25. The maximum atomic E-state index is 6.25. The van der Waals surface area contributed by atoms with Crippen molar-refractivity contribution in [1.29, 1.82) is 0 Å². The van der Waals surface area contributed by atoms with Crippen LogP contribution in [0.25, 0.3) is 11.5 Å². The van der Waals surface area contributed by atoms with E-state index in [0.717, 1.165) is 50.2 Å². The number of rotatable bonds is 8. The fourth-order valence-corrected chi connectivity index (χ4v) is 3.24. The molecule has 0 N–H and O–H groups in total. The van der Waals surface area contributed by atoms with Crippen LogP contribution in [0.5, 0.6) is 0 Å². The van der Waals surface area contributed by atoms with Gasteiger partial charge in [-0.1, -0.05) is 5.16 Å². The third-order valence-corrected chi connectivity index (χ3v) is 4.67. The Bertz CT molecular complexity index is 703. The lowest BCUT2D eigenvalue weighted by atomic mass is 10.1. The third kappa shape index (κ3) is 5.33. The minimum absolute atomic E-state index is 0.231. The lowest BCUT2D eigenvalue weighted by Crippen LogP contribution is -2.34. The Kier molecular flexibility index (Phi) is 6.34. The average molecular weight is 359 g/mol. The Morgan fingerprint density at radius 3 is 2.69 bits per heavy atom. The lowest BCUT2D eigenvalue weighted by Gasteiger charge is -2.23. The normalized spacial score (nSPS) is 20.4. The summed E-state index contributed by atoms with van der Waals surface area (Å²) in [6.07, 6.45) is 5.35. The number of aryl methyl sites for hydroxylation is 1. The molecule has 2 atom stereocenters. The van der Waals surface area contributed by atoms with Crippen LogP contribution in [-0.4, -0.2) is 77.9 Å². The molecule has 3 rings (SSSR count). The van der Waals surface area contributed by atoms with E-state index in [1.165, 1.54) is 0 Å². The van der Waals surface area contributed by atoms with Crippen LogP contribution >= 0.6 is 0 Å². The van der Waals surface area contributed by atoms with Crippen LogP contribution in [0.15, 0.2) is 22.9 Å². The zero-order valence-electron chi connectivity index (χ0n) is 16.2. The molecule has 0 amide bonds. The first kappa shape index (κ1) is 18.9. The molecule has 0 bridgehead atoms. The SMILES string of the molecule is Cc1noc(-c2ccnc(C[C@@H]3CC[C@H](CN(C)CCN(C)C)O3)c2)n1. The summed E-state index contributed by atoms with van der Waals surface area (Å²) in [6, 6.07) is 3.92. The Labute approximate surface area is 155 Å². The van der Waals surface area contributed by atoms with Gasteiger partial charge in [-0.3, -0.25) is 4.98 Å². The van der Waals surface area contributed by atoms with Gasteiger partial charge in [0.15, 0.2) is 5.82 Å². The summed E-state index contributed by atoms with van der Waals surface area (Å²) in [4.78, 5) is 13.3. The van der Waals surface area contributed by atoms with Gasteiger partial charge in [-0.25, -0.2) is 0 Å². The number of likely N-dealkylation sites (N-methyl/N-ethyl adjacent to an activating group) is 2. The summed E-state index contributed by atoms with van der Waals surface area (Å²) in [7, 11) is 6.37. The van der Waals surface area contributed by atoms with Crippen molar-refractivity contribution in [3.8, 4) is 11.5 Å². The molecule has 7 nitrogen and oxygen atoms in total. The zero-order valence-corrected chi connectivity index (χ0v) is 16.2. The number of nitrogens with zero attached hydrogens (tertiary/aromatic N) is 5. The zero-order chi connectivity index (χ0) is 18.5. The van der Waals surface area contributed by atoms with Crippen molar-refractivity contribution in [2.45, 2.75) is 38.4 Å². The van der Waals surface area contributed by atoms with Gasteiger partial charge in [0.25, 0.3) is 5.89 Å². The molecule has 1 aliphatic rings. The molecule has 142 valence electrons. The molecule has 26 heavy (non-hydrogen) atoms. The van der Waals surface area contributed by atoms with E-state index < -0.39 is 0 Å². The smallest absolute Gasteiger partial charge is 0.258 e. The first-order valence-corrected chi connectivity index (χ1v) is 9.24. The average Bonchev–Trinajstić information content (AvgIpc) is 3.22. The van der Waals surface area contributed by atoms with Crippen molar-refractivity contribution in [2.24, 2.45) is 0 Å². The predicted molar refractivity (Wildman–Crippen MR) is 99.9 cm³/mol. The molecule has 1 saturated heterocycles. The lowest BCUT2D eigenvalue weighted by molar-refractivity contribution is 0.0267. The highest BCUT2D eigenvalue weighted by atomic mass is 16.5. The van der Waals surface area contributed by atoms with Crippen LogP contribution < -0.4 is 0 Å². The second-order valence-electron chi connectivity index (χ2n) is 7.41. The number of ether oxygens (including phenoxy) is 1. The van der Waals surface area contributed by atoms with Gasteiger partial charge < -0.3 is 19.1 Å². The van der Waals surface area contributed by atoms with Crippen molar-refractivity contribution in [3.63, 3.8) is 0 Å². The summed E-state index contributed by atoms with van der Waals surface area (Å²) in [5.41, 5.74) is 1.92. The van der Waals surface area contributed by atoms with Gasteiger partial charge in [0.1, 0.15) is 0 Å². The molecule has 0 radical (unpaired) electrons. The maximum Gasteiger partial charge on any atom is 0.258 e. The molecule has 0 unspecified atom stereocenters. The van der Waals surface area contributed by atoms with E-state index in [4.69, 9.17) is 9.26 Å². The number of hydrogen-bond acceptors (Lipinski definition) is 7. The minimum Gasteiger partial charge on any atom is -0.373 e. The van der Waals surface area contributed by atoms with E-state index in [2.05, 4.69) is 46.1 Å². The van der Waals surface area contributed by atoms with Gasteiger partial charge >= 0.3 is 0 Å². The van der Waals surface area contributed by atoms with Crippen LogP contribution in [0.2, 0.25) is 0 Å². The second kappa shape index (κ2) is 8.70. The Hall–Kier alpha value is -1.83. The number of hydrogen-bond donors (Lipinski definition) is 0. The van der Waals surface area contributed by atoms with E-state index in [9.17, 15) is 0 Å². The molecular formula is C19H29N5O2. The molecule has 0 spiro atoms. The van der Waals surface area contributed by atoms with Crippen LogP contribution in [0.4, 0.5) is 0 Å². The first-order chi connectivity index (χ1) is 12.5. The van der Waals surface area contributed by atoms with Crippen molar-refractivity contribution < 1.29 is 9.26 Å². The largest absolute Gasteiger partial charge is 0.373 e. The van der Waals surface area contributed by atoms with Crippen LogP contribution in [0.3, 0.4) is 0 Å². The highest BCUT2D eigenvalue weighted by Crippen LogP contribution is 2.24. The molecule has 0 aliphatic carbocycles. The van der Waals surface area contributed by atoms with E-state index in [-0.39, 0.29) is 6.10 Å².